The van der Waals surface area contributed by atoms with Crippen molar-refractivity contribution in [2.75, 3.05) is 0 Å². The van der Waals surface area contributed by atoms with E-state index in [1.54, 1.807) is 11.8 Å². The minimum Gasteiger partial charge on any atom is -0.352 e. The third-order valence-corrected chi connectivity index (χ3v) is 5.88. The zero-order valence-electron chi connectivity index (χ0n) is 12.3. The molecule has 2 aliphatic carbocycles. The quantitative estimate of drug-likeness (QED) is 0.855. The molecule has 1 aromatic rings. The summed E-state index contributed by atoms with van der Waals surface area (Å²) in [7, 11) is 0. The van der Waals surface area contributed by atoms with Crippen molar-refractivity contribution in [3.63, 3.8) is 0 Å². The molecule has 3 heteroatoms. The van der Waals surface area contributed by atoms with E-state index in [0.29, 0.717) is 6.04 Å². The number of amides is 1. The molecule has 4 atom stereocenters. The summed E-state index contributed by atoms with van der Waals surface area (Å²) in [6, 6.07) is 8.84. The van der Waals surface area contributed by atoms with E-state index >= 15 is 0 Å². The Kier molecular flexibility index (Phi) is 4.06. The van der Waals surface area contributed by atoms with E-state index in [1.165, 1.54) is 36.1 Å². The third-order valence-electron chi connectivity index (χ3n) is 4.77. The van der Waals surface area contributed by atoms with Gasteiger partial charge in [0.25, 0.3) is 0 Å². The molecule has 3 rings (SSSR count). The van der Waals surface area contributed by atoms with E-state index in [-0.39, 0.29) is 11.2 Å². The molecule has 2 nitrogen and oxygen atoms in total. The Balaban J connectivity index is 1.53. The SMILES string of the molecule is Cc1ccc(S[C@H](C)C(=O)N[C@H]2C[C@@H]3CC[C@H]2C3)cc1. The maximum atomic E-state index is 12.3. The average Bonchev–Trinajstić information content (AvgIpc) is 3.03. The Morgan fingerprint density at radius 3 is 2.60 bits per heavy atom. The first-order valence-corrected chi connectivity index (χ1v) is 8.53. The number of carbonyl (C=O) groups excluding carboxylic acids is 1. The molecule has 2 bridgehead atoms. The number of rotatable bonds is 4. The van der Waals surface area contributed by atoms with E-state index < -0.39 is 0 Å². The molecule has 0 radical (unpaired) electrons. The zero-order valence-corrected chi connectivity index (χ0v) is 13.1. The fraction of sp³-hybridized carbons (Fsp3) is 0.588. The maximum Gasteiger partial charge on any atom is 0.233 e. The van der Waals surface area contributed by atoms with Gasteiger partial charge in [-0.1, -0.05) is 24.1 Å². The van der Waals surface area contributed by atoms with Crippen LogP contribution >= 0.6 is 11.8 Å². The number of carbonyl (C=O) groups is 1. The summed E-state index contributed by atoms with van der Waals surface area (Å²) >= 11 is 1.65. The Morgan fingerprint density at radius 2 is 2.00 bits per heavy atom. The molecule has 2 saturated carbocycles. The highest BCUT2D eigenvalue weighted by molar-refractivity contribution is 8.00. The Hall–Kier alpha value is -0.960. The van der Waals surface area contributed by atoms with Crippen LogP contribution in [-0.4, -0.2) is 17.2 Å². The molecule has 1 amide bonds. The van der Waals surface area contributed by atoms with Crippen LogP contribution in [0.4, 0.5) is 0 Å². The lowest BCUT2D eigenvalue weighted by Crippen LogP contribution is -2.42. The largest absolute Gasteiger partial charge is 0.352 e. The van der Waals surface area contributed by atoms with Gasteiger partial charge in [0, 0.05) is 10.9 Å². The van der Waals surface area contributed by atoms with Crippen molar-refractivity contribution in [1.82, 2.24) is 5.32 Å². The molecule has 1 aromatic carbocycles. The Morgan fingerprint density at radius 1 is 1.25 bits per heavy atom. The summed E-state index contributed by atoms with van der Waals surface area (Å²) in [4.78, 5) is 13.5. The van der Waals surface area contributed by atoms with Crippen LogP contribution in [0, 0.1) is 18.8 Å². The second-order valence-electron chi connectivity index (χ2n) is 6.36. The number of fused-ring (bicyclic) bond motifs is 2. The van der Waals surface area contributed by atoms with Gasteiger partial charge in [-0.15, -0.1) is 11.8 Å². The smallest absolute Gasteiger partial charge is 0.233 e. The van der Waals surface area contributed by atoms with Crippen LogP contribution in [-0.2, 0) is 4.79 Å². The number of thioether (sulfide) groups is 1. The highest BCUT2D eigenvalue weighted by Crippen LogP contribution is 2.44. The van der Waals surface area contributed by atoms with E-state index in [2.05, 4.69) is 36.5 Å². The summed E-state index contributed by atoms with van der Waals surface area (Å²) in [5.74, 6) is 1.83. The summed E-state index contributed by atoms with van der Waals surface area (Å²) < 4.78 is 0. The fourth-order valence-corrected chi connectivity index (χ4v) is 4.47. The highest BCUT2D eigenvalue weighted by Gasteiger charge is 2.40. The molecule has 0 aromatic heterocycles. The van der Waals surface area contributed by atoms with Crippen molar-refractivity contribution in [3.05, 3.63) is 29.8 Å². The molecule has 2 aliphatic rings. The van der Waals surface area contributed by atoms with Crippen molar-refractivity contribution in [2.24, 2.45) is 11.8 Å². The van der Waals surface area contributed by atoms with Crippen LogP contribution in [0.15, 0.2) is 29.2 Å². The monoisotopic (exact) mass is 289 g/mol. The van der Waals surface area contributed by atoms with Crippen molar-refractivity contribution in [2.45, 2.75) is 55.7 Å². The van der Waals surface area contributed by atoms with E-state index in [0.717, 1.165) is 11.8 Å². The van der Waals surface area contributed by atoms with Gasteiger partial charge in [0.05, 0.1) is 5.25 Å². The van der Waals surface area contributed by atoms with Gasteiger partial charge >= 0.3 is 0 Å². The predicted octanol–water partition coefficient (Wildman–Crippen LogP) is 3.78. The first kappa shape index (κ1) is 14.0. The van der Waals surface area contributed by atoms with Gasteiger partial charge in [-0.05, 0) is 57.1 Å². The molecule has 1 N–H and O–H groups in total. The van der Waals surface area contributed by atoms with Gasteiger partial charge in [0.1, 0.15) is 0 Å². The summed E-state index contributed by atoms with van der Waals surface area (Å²) in [5, 5.41) is 3.27. The van der Waals surface area contributed by atoms with Crippen LogP contribution in [0.3, 0.4) is 0 Å². The Bertz CT molecular complexity index is 484. The van der Waals surface area contributed by atoms with Crippen LogP contribution in [0.2, 0.25) is 0 Å². The van der Waals surface area contributed by atoms with Gasteiger partial charge in [0.2, 0.25) is 5.91 Å². The van der Waals surface area contributed by atoms with Crippen molar-refractivity contribution < 1.29 is 4.79 Å². The van der Waals surface area contributed by atoms with E-state index in [9.17, 15) is 4.79 Å². The number of nitrogens with one attached hydrogen (secondary N) is 1. The summed E-state index contributed by atoms with van der Waals surface area (Å²) in [6.45, 7) is 4.09. The minimum absolute atomic E-state index is 0.0168. The van der Waals surface area contributed by atoms with Gasteiger partial charge < -0.3 is 5.32 Å². The molecule has 0 heterocycles. The topological polar surface area (TPSA) is 29.1 Å². The molecule has 0 spiro atoms. The van der Waals surface area contributed by atoms with Crippen LogP contribution < -0.4 is 5.32 Å². The predicted molar refractivity (Wildman–Crippen MR) is 83.9 cm³/mol. The lowest BCUT2D eigenvalue weighted by atomic mass is 9.95. The molecule has 2 fully saturated rings. The van der Waals surface area contributed by atoms with Crippen molar-refractivity contribution >= 4 is 17.7 Å². The first-order chi connectivity index (χ1) is 9.61. The summed E-state index contributed by atoms with van der Waals surface area (Å²) in [6.07, 6.45) is 5.24. The van der Waals surface area contributed by atoms with Gasteiger partial charge in [0.15, 0.2) is 0 Å². The second-order valence-corrected chi connectivity index (χ2v) is 7.78. The zero-order chi connectivity index (χ0) is 14.1. The number of benzene rings is 1. The molecular weight excluding hydrogens is 266 g/mol. The molecule has 0 saturated heterocycles. The third kappa shape index (κ3) is 3.03. The number of hydrogen-bond donors (Lipinski definition) is 1. The van der Waals surface area contributed by atoms with Gasteiger partial charge in [-0.2, -0.15) is 0 Å². The van der Waals surface area contributed by atoms with Gasteiger partial charge in [-0.3, -0.25) is 4.79 Å². The number of hydrogen-bond acceptors (Lipinski definition) is 2. The van der Waals surface area contributed by atoms with Crippen molar-refractivity contribution in [3.8, 4) is 0 Å². The molecule has 20 heavy (non-hydrogen) atoms. The maximum absolute atomic E-state index is 12.3. The fourth-order valence-electron chi connectivity index (χ4n) is 3.60. The molecule has 108 valence electrons. The lowest BCUT2D eigenvalue weighted by molar-refractivity contribution is -0.121. The van der Waals surface area contributed by atoms with Crippen LogP contribution in [0.25, 0.3) is 0 Å². The normalized spacial score (nSPS) is 29.4. The molecule has 0 unspecified atom stereocenters. The van der Waals surface area contributed by atoms with Crippen molar-refractivity contribution in [1.29, 1.82) is 0 Å². The minimum atomic E-state index is -0.0168. The first-order valence-electron chi connectivity index (χ1n) is 7.65. The lowest BCUT2D eigenvalue weighted by Gasteiger charge is -2.24. The molecular formula is C17H23NOS. The van der Waals surface area contributed by atoms with E-state index in [1.807, 2.05) is 6.92 Å². The van der Waals surface area contributed by atoms with Crippen LogP contribution in [0.5, 0.6) is 0 Å². The number of aryl methyl sites for hydroxylation is 1. The summed E-state index contributed by atoms with van der Waals surface area (Å²) in [5.41, 5.74) is 1.26. The second kappa shape index (κ2) is 5.80. The highest BCUT2D eigenvalue weighted by atomic mass is 32.2. The average molecular weight is 289 g/mol. The molecule has 0 aliphatic heterocycles. The van der Waals surface area contributed by atoms with Crippen LogP contribution in [0.1, 0.15) is 38.2 Å². The van der Waals surface area contributed by atoms with E-state index in [4.69, 9.17) is 0 Å². The van der Waals surface area contributed by atoms with Gasteiger partial charge in [-0.25, -0.2) is 0 Å². The Labute approximate surface area is 125 Å². The standard InChI is InChI=1S/C17H23NOS/c1-11-3-7-15(8-4-11)20-12(2)17(19)18-16-10-13-5-6-14(16)9-13/h3-4,7-8,12-14,16H,5-6,9-10H2,1-2H3,(H,18,19)/t12-,13-,14+,16+/m1/s1.